The molecule has 0 aliphatic carbocycles. The lowest BCUT2D eigenvalue weighted by atomic mass is 9.99. The first-order valence-electron chi connectivity index (χ1n) is 6.53. The zero-order valence-electron chi connectivity index (χ0n) is 11.3. The fraction of sp³-hybridized carbons (Fsp3) is 0.538. The molecule has 19 heavy (non-hydrogen) atoms. The van der Waals surface area contributed by atoms with E-state index in [0.717, 1.165) is 5.56 Å². The van der Waals surface area contributed by atoms with Gasteiger partial charge in [-0.05, 0) is 24.0 Å². The molecule has 0 spiro atoms. The fourth-order valence-corrected chi connectivity index (χ4v) is 3.63. The highest BCUT2D eigenvalue weighted by Crippen LogP contribution is 2.33. The molecule has 0 bridgehead atoms. The summed E-state index contributed by atoms with van der Waals surface area (Å²) in [6, 6.07) is 7.33. The summed E-state index contributed by atoms with van der Waals surface area (Å²) in [6.45, 7) is 4.81. The Balaban J connectivity index is 2.29. The summed E-state index contributed by atoms with van der Waals surface area (Å²) in [5, 5.41) is 0. The lowest BCUT2D eigenvalue weighted by molar-refractivity contribution is 0.546. The van der Waals surface area contributed by atoms with Gasteiger partial charge in [0.1, 0.15) is 0 Å². The molecule has 1 unspecified atom stereocenters. The molecule has 6 heteroatoms. The van der Waals surface area contributed by atoms with Crippen LogP contribution in [0.3, 0.4) is 0 Å². The van der Waals surface area contributed by atoms with Crippen LogP contribution >= 0.6 is 0 Å². The van der Waals surface area contributed by atoms with Crippen LogP contribution < -0.4 is 14.8 Å². The van der Waals surface area contributed by atoms with Crippen LogP contribution in [0.4, 0.5) is 5.69 Å². The van der Waals surface area contributed by atoms with Gasteiger partial charge < -0.3 is 5.73 Å². The summed E-state index contributed by atoms with van der Waals surface area (Å²) in [7, 11) is -3.49. The van der Waals surface area contributed by atoms with E-state index >= 15 is 0 Å². The van der Waals surface area contributed by atoms with E-state index in [1.807, 2.05) is 38.1 Å². The number of fused-ring (bicyclic) bond motifs is 1. The van der Waals surface area contributed by atoms with Crippen molar-refractivity contribution in [3.05, 3.63) is 29.8 Å². The molecule has 5 nitrogen and oxygen atoms in total. The van der Waals surface area contributed by atoms with Crippen LogP contribution in [0, 0.1) is 5.92 Å². The minimum absolute atomic E-state index is 0.0900. The van der Waals surface area contributed by atoms with E-state index in [1.54, 1.807) is 0 Å². The predicted octanol–water partition coefficient (Wildman–Crippen LogP) is 1.39. The predicted molar refractivity (Wildman–Crippen MR) is 77.1 cm³/mol. The van der Waals surface area contributed by atoms with E-state index in [4.69, 9.17) is 5.73 Å². The number of anilines is 1. The molecule has 1 heterocycles. The van der Waals surface area contributed by atoms with Crippen molar-refractivity contribution in [2.45, 2.75) is 26.3 Å². The summed E-state index contributed by atoms with van der Waals surface area (Å²) in [5.74, 6) is 0.275. The Morgan fingerprint density at radius 1 is 1.42 bits per heavy atom. The first-order chi connectivity index (χ1) is 8.92. The molecule has 2 rings (SSSR count). The van der Waals surface area contributed by atoms with E-state index < -0.39 is 10.2 Å². The summed E-state index contributed by atoms with van der Waals surface area (Å²) in [4.78, 5) is 0. The monoisotopic (exact) mass is 283 g/mol. The first-order valence-corrected chi connectivity index (χ1v) is 7.97. The Hall–Kier alpha value is -1.11. The van der Waals surface area contributed by atoms with Gasteiger partial charge in [0.25, 0.3) is 0 Å². The minimum atomic E-state index is -3.49. The number of rotatable bonds is 4. The number of hydrogen-bond donors (Lipinski definition) is 2. The van der Waals surface area contributed by atoms with Gasteiger partial charge >= 0.3 is 10.2 Å². The molecule has 0 amide bonds. The molecule has 3 N–H and O–H groups in total. The third-order valence-electron chi connectivity index (χ3n) is 3.21. The molecule has 0 aromatic heterocycles. The number of benzene rings is 1. The average molecular weight is 283 g/mol. The van der Waals surface area contributed by atoms with Gasteiger partial charge in [0, 0.05) is 19.1 Å². The van der Waals surface area contributed by atoms with E-state index in [2.05, 4.69) is 4.72 Å². The van der Waals surface area contributed by atoms with Crippen molar-refractivity contribution in [3.63, 3.8) is 0 Å². The molecule has 0 radical (unpaired) electrons. The quantitative estimate of drug-likeness (QED) is 0.876. The number of nitrogens with zero attached hydrogens (tertiary/aromatic N) is 1. The van der Waals surface area contributed by atoms with Gasteiger partial charge in [-0.2, -0.15) is 13.1 Å². The lowest BCUT2D eigenvalue weighted by Crippen LogP contribution is -2.45. The number of nitrogens with one attached hydrogen (secondary N) is 1. The second-order valence-electron chi connectivity index (χ2n) is 5.27. The van der Waals surface area contributed by atoms with Gasteiger partial charge in [-0.3, -0.25) is 4.31 Å². The highest BCUT2D eigenvalue weighted by Gasteiger charge is 2.30. The van der Waals surface area contributed by atoms with Crippen LogP contribution in [0.1, 0.15) is 31.9 Å². The third kappa shape index (κ3) is 3.08. The average Bonchev–Trinajstić information content (AvgIpc) is 2.37. The first kappa shape index (κ1) is 14.3. The molecule has 106 valence electrons. The van der Waals surface area contributed by atoms with Crippen molar-refractivity contribution in [2.75, 3.05) is 17.4 Å². The number of nitrogens with two attached hydrogens (primary N) is 1. The van der Waals surface area contributed by atoms with Crippen molar-refractivity contribution in [2.24, 2.45) is 11.7 Å². The second kappa shape index (κ2) is 5.48. The van der Waals surface area contributed by atoms with Crippen molar-refractivity contribution in [1.29, 1.82) is 0 Å². The molecule has 0 saturated heterocycles. The Morgan fingerprint density at radius 2 is 2.11 bits per heavy atom. The molecular weight excluding hydrogens is 262 g/mol. The van der Waals surface area contributed by atoms with Crippen LogP contribution in [0.5, 0.6) is 0 Å². The zero-order valence-corrected chi connectivity index (χ0v) is 12.2. The van der Waals surface area contributed by atoms with Crippen LogP contribution in [0.25, 0.3) is 0 Å². The molecule has 0 saturated carbocycles. The highest BCUT2D eigenvalue weighted by molar-refractivity contribution is 7.90. The minimum Gasteiger partial charge on any atom is -0.324 e. The van der Waals surface area contributed by atoms with Gasteiger partial charge in [0.2, 0.25) is 0 Å². The van der Waals surface area contributed by atoms with Crippen LogP contribution in [0.15, 0.2) is 24.3 Å². The van der Waals surface area contributed by atoms with Crippen molar-refractivity contribution < 1.29 is 8.42 Å². The van der Waals surface area contributed by atoms with Gasteiger partial charge in [-0.1, -0.05) is 32.0 Å². The Labute approximate surface area is 115 Å². The summed E-state index contributed by atoms with van der Waals surface area (Å²) >= 11 is 0. The van der Waals surface area contributed by atoms with Gasteiger partial charge in [0.15, 0.2) is 0 Å². The molecule has 1 aliphatic rings. The maximum Gasteiger partial charge on any atom is 0.301 e. The van der Waals surface area contributed by atoms with Crippen molar-refractivity contribution in [1.82, 2.24) is 4.72 Å². The normalized spacial score (nSPS) is 19.6. The Kier molecular flexibility index (Phi) is 4.13. The van der Waals surface area contributed by atoms with Crippen LogP contribution in [0.2, 0.25) is 0 Å². The van der Waals surface area contributed by atoms with Gasteiger partial charge in [-0.15, -0.1) is 0 Å². The number of para-hydroxylation sites is 1. The molecule has 0 fully saturated rings. The second-order valence-corrected chi connectivity index (χ2v) is 6.95. The Bertz CT molecular complexity index is 543. The van der Waals surface area contributed by atoms with Gasteiger partial charge in [0.05, 0.1) is 5.69 Å². The number of hydrogen-bond acceptors (Lipinski definition) is 3. The summed E-state index contributed by atoms with van der Waals surface area (Å²) in [5.41, 5.74) is 7.62. The van der Waals surface area contributed by atoms with Crippen molar-refractivity contribution >= 4 is 15.9 Å². The largest absolute Gasteiger partial charge is 0.324 e. The third-order valence-corrected chi connectivity index (χ3v) is 4.70. The van der Waals surface area contributed by atoms with Crippen molar-refractivity contribution in [3.8, 4) is 0 Å². The highest BCUT2D eigenvalue weighted by atomic mass is 32.2. The standard InChI is InChI=1S/C13H21N3O2S/c1-10(2)9-15-19(17,18)16-8-7-12(14)11-5-3-4-6-13(11)16/h3-6,10,12,15H,7-9,14H2,1-2H3. The molecule has 1 aliphatic heterocycles. The zero-order chi connectivity index (χ0) is 14.0. The SMILES string of the molecule is CC(C)CNS(=O)(=O)N1CCC(N)c2ccccc21. The smallest absolute Gasteiger partial charge is 0.301 e. The van der Waals surface area contributed by atoms with E-state index in [9.17, 15) is 8.42 Å². The van der Waals surface area contributed by atoms with Crippen LogP contribution in [-0.2, 0) is 10.2 Å². The van der Waals surface area contributed by atoms with E-state index in [-0.39, 0.29) is 12.0 Å². The topological polar surface area (TPSA) is 75.4 Å². The fourth-order valence-electron chi connectivity index (χ4n) is 2.16. The molecular formula is C13H21N3O2S. The molecule has 1 atom stereocenters. The maximum atomic E-state index is 12.3. The molecule has 1 aromatic rings. The molecule has 1 aromatic carbocycles. The summed E-state index contributed by atoms with van der Waals surface area (Å²) in [6.07, 6.45) is 0.638. The lowest BCUT2D eigenvalue weighted by Gasteiger charge is -2.33. The van der Waals surface area contributed by atoms with E-state index in [1.165, 1.54) is 4.31 Å². The van der Waals surface area contributed by atoms with Crippen LogP contribution in [-0.4, -0.2) is 21.5 Å². The Morgan fingerprint density at radius 3 is 2.79 bits per heavy atom. The maximum absolute atomic E-state index is 12.3. The summed E-state index contributed by atoms with van der Waals surface area (Å²) < 4.78 is 28.7. The van der Waals surface area contributed by atoms with Gasteiger partial charge in [-0.25, -0.2) is 0 Å². The van der Waals surface area contributed by atoms with E-state index in [0.29, 0.717) is 25.2 Å².